The Hall–Kier alpha value is -3.65. The van der Waals surface area contributed by atoms with E-state index in [2.05, 4.69) is 15.3 Å². The van der Waals surface area contributed by atoms with Gasteiger partial charge in [-0.25, -0.2) is 4.98 Å². The summed E-state index contributed by atoms with van der Waals surface area (Å²) in [5.41, 5.74) is 2.56. The number of hydrogen-bond acceptors (Lipinski definition) is 7. The number of rotatable bonds is 9. The molecule has 4 aromatic rings. The van der Waals surface area contributed by atoms with E-state index in [9.17, 15) is 4.79 Å². The lowest BCUT2D eigenvalue weighted by molar-refractivity contribution is -0.120. The molecule has 3 heterocycles. The number of benzene rings is 1. The molecule has 164 valence electrons. The monoisotopic (exact) mass is 449 g/mol. The standard InChI is InChI=1S/C24H23N3O4S/c1-16-19(27-24(31-16)22-4-3-11-32-22)13-23(28)26-14-18-5-6-20(21(12-18)29-2)30-15-17-7-9-25-10-8-17/h3-12H,13-15H2,1-2H3,(H,26,28). The molecule has 0 unspecified atom stereocenters. The maximum absolute atomic E-state index is 12.5. The maximum atomic E-state index is 12.5. The number of thiophene rings is 1. The topological polar surface area (TPSA) is 86.5 Å². The normalized spacial score (nSPS) is 10.7. The lowest BCUT2D eigenvalue weighted by atomic mass is 10.2. The first-order valence-corrected chi connectivity index (χ1v) is 11.0. The molecule has 3 aromatic heterocycles. The van der Waals surface area contributed by atoms with E-state index in [1.807, 2.05) is 54.8 Å². The molecule has 32 heavy (non-hydrogen) atoms. The summed E-state index contributed by atoms with van der Waals surface area (Å²) in [6.07, 6.45) is 3.61. The first-order valence-electron chi connectivity index (χ1n) is 10.1. The van der Waals surface area contributed by atoms with Gasteiger partial charge in [0.1, 0.15) is 12.4 Å². The average molecular weight is 450 g/mol. The number of amides is 1. The van der Waals surface area contributed by atoms with Gasteiger partial charge in [-0.1, -0.05) is 12.1 Å². The molecular weight excluding hydrogens is 426 g/mol. The second kappa shape index (κ2) is 10.1. The fourth-order valence-corrected chi connectivity index (χ4v) is 3.74. The number of carbonyl (C=O) groups excluding carboxylic acids is 1. The van der Waals surface area contributed by atoms with Gasteiger partial charge in [-0.05, 0) is 53.8 Å². The second-order valence-corrected chi connectivity index (χ2v) is 8.03. The van der Waals surface area contributed by atoms with Crippen LogP contribution in [0.15, 0.2) is 64.7 Å². The minimum atomic E-state index is -0.129. The number of nitrogens with one attached hydrogen (secondary N) is 1. The summed E-state index contributed by atoms with van der Waals surface area (Å²) in [6, 6.07) is 13.3. The Morgan fingerprint density at radius 3 is 2.72 bits per heavy atom. The Balaban J connectivity index is 1.33. The highest BCUT2D eigenvalue weighted by atomic mass is 32.1. The molecule has 0 bridgehead atoms. The zero-order valence-corrected chi connectivity index (χ0v) is 18.6. The van der Waals surface area contributed by atoms with Gasteiger partial charge < -0.3 is 19.2 Å². The van der Waals surface area contributed by atoms with Crippen LogP contribution < -0.4 is 14.8 Å². The van der Waals surface area contributed by atoms with Gasteiger partial charge in [0.15, 0.2) is 11.5 Å². The largest absolute Gasteiger partial charge is 0.493 e. The van der Waals surface area contributed by atoms with E-state index in [1.54, 1.807) is 30.8 Å². The number of oxazole rings is 1. The molecule has 1 N–H and O–H groups in total. The first-order chi connectivity index (χ1) is 15.6. The van der Waals surface area contributed by atoms with Crippen molar-refractivity contribution in [2.75, 3.05) is 7.11 Å². The van der Waals surface area contributed by atoms with Crippen LogP contribution in [0.4, 0.5) is 0 Å². The summed E-state index contributed by atoms with van der Waals surface area (Å²) in [5.74, 6) is 2.32. The molecule has 4 rings (SSSR count). The van der Waals surface area contributed by atoms with Gasteiger partial charge in [0, 0.05) is 18.9 Å². The van der Waals surface area contributed by atoms with Gasteiger partial charge in [0.05, 0.1) is 24.1 Å². The van der Waals surface area contributed by atoms with E-state index in [-0.39, 0.29) is 12.3 Å². The zero-order valence-electron chi connectivity index (χ0n) is 17.8. The third-order valence-corrected chi connectivity index (χ3v) is 5.67. The molecule has 0 aliphatic carbocycles. The molecule has 0 aliphatic rings. The fourth-order valence-electron chi connectivity index (χ4n) is 3.09. The van der Waals surface area contributed by atoms with E-state index in [1.165, 1.54) is 0 Å². The highest BCUT2D eigenvalue weighted by Gasteiger charge is 2.15. The van der Waals surface area contributed by atoms with Crippen LogP contribution in [-0.2, 0) is 24.4 Å². The molecular formula is C24H23N3O4S. The predicted octanol–water partition coefficient (Wildman–Crippen LogP) is 4.55. The van der Waals surface area contributed by atoms with E-state index >= 15 is 0 Å². The molecule has 0 atom stereocenters. The van der Waals surface area contributed by atoms with E-state index in [0.717, 1.165) is 16.0 Å². The molecule has 7 nitrogen and oxygen atoms in total. The Morgan fingerprint density at radius 2 is 1.97 bits per heavy atom. The predicted molar refractivity (Wildman–Crippen MR) is 122 cm³/mol. The molecule has 1 aromatic carbocycles. The Bertz CT molecular complexity index is 1170. The highest BCUT2D eigenvalue weighted by molar-refractivity contribution is 7.13. The van der Waals surface area contributed by atoms with Gasteiger partial charge in [0.25, 0.3) is 0 Å². The summed E-state index contributed by atoms with van der Waals surface area (Å²) in [5, 5.41) is 4.89. The quantitative estimate of drug-likeness (QED) is 0.403. The number of aryl methyl sites for hydroxylation is 1. The van der Waals surface area contributed by atoms with E-state index < -0.39 is 0 Å². The van der Waals surface area contributed by atoms with E-state index in [0.29, 0.717) is 42.0 Å². The third kappa shape index (κ3) is 5.33. The Labute approximate surface area is 190 Å². The zero-order chi connectivity index (χ0) is 22.3. The molecule has 0 saturated carbocycles. The minimum Gasteiger partial charge on any atom is -0.493 e. The molecule has 8 heteroatoms. The number of carbonyl (C=O) groups is 1. The van der Waals surface area contributed by atoms with Crippen LogP contribution in [0.1, 0.15) is 22.6 Å². The Morgan fingerprint density at radius 1 is 1.12 bits per heavy atom. The van der Waals surface area contributed by atoms with Crippen molar-refractivity contribution in [1.29, 1.82) is 0 Å². The SMILES string of the molecule is COc1cc(CNC(=O)Cc2nc(-c3cccs3)oc2C)ccc1OCc1ccncc1. The molecule has 0 saturated heterocycles. The van der Waals surface area contributed by atoms with Crippen molar-refractivity contribution in [2.24, 2.45) is 0 Å². The van der Waals surface area contributed by atoms with Crippen molar-refractivity contribution in [2.45, 2.75) is 26.5 Å². The molecule has 1 amide bonds. The first kappa shape index (κ1) is 21.6. The summed E-state index contributed by atoms with van der Waals surface area (Å²) in [7, 11) is 1.59. The lowest BCUT2D eigenvalue weighted by Crippen LogP contribution is -2.25. The molecule has 0 radical (unpaired) electrons. The summed E-state index contributed by atoms with van der Waals surface area (Å²) in [4.78, 5) is 21.9. The lowest BCUT2D eigenvalue weighted by Gasteiger charge is -2.12. The van der Waals surface area contributed by atoms with Crippen LogP contribution in [0.3, 0.4) is 0 Å². The summed E-state index contributed by atoms with van der Waals surface area (Å²) >= 11 is 1.55. The molecule has 0 fully saturated rings. The van der Waals surface area contributed by atoms with Crippen molar-refractivity contribution in [1.82, 2.24) is 15.3 Å². The number of aromatic nitrogens is 2. The van der Waals surface area contributed by atoms with Crippen LogP contribution >= 0.6 is 11.3 Å². The number of hydrogen-bond donors (Lipinski definition) is 1. The van der Waals surface area contributed by atoms with Crippen LogP contribution in [0.5, 0.6) is 11.5 Å². The number of pyridine rings is 1. The van der Waals surface area contributed by atoms with Crippen LogP contribution in [0.25, 0.3) is 10.8 Å². The van der Waals surface area contributed by atoms with Gasteiger partial charge in [0.2, 0.25) is 11.8 Å². The van der Waals surface area contributed by atoms with Crippen molar-refractivity contribution >= 4 is 17.2 Å². The fraction of sp³-hybridized carbons (Fsp3) is 0.208. The summed E-state index contributed by atoms with van der Waals surface area (Å²) < 4.78 is 17.0. The van der Waals surface area contributed by atoms with E-state index in [4.69, 9.17) is 13.9 Å². The second-order valence-electron chi connectivity index (χ2n) is 7.08. The number of ether oxygens (including phenoxy) is 2. The van der Waals surface area contributed by atoms with Gasteiger partial charge in [-0.2, -0.15) is 0 Å². The van der Waals surface area contributed by atoms with Crippen molar-refractivity contribution in [3.05, 3.63) is 82.8 Å². The molecule has 0 spiro atoms. The maximum Gasteiger partial charge on any atom is 0.236 e. The highest BCUT2D eigenvalue weighted by Crippen LogP contribution is 2.29. The van der Waals surface area contributed by atoms with Gasteiger partial charge >= 0.3 is 0 Å². The van der Waals surface area contributed by atoms with Crippen molar-refractivity contribution < 1.29 is 18.7 Å². The summed E-state index contributed by atoms with van der Waals surface area (Å²) in [6.45, 7) is 2.61. The molecule has 0 aliphatic heterocycles. The minimum absolute atomic E-state index is 0.129. The van der Waals surface area contributed by atoms with Gasteiger partial charge in [-0.3, -0.25) is 9.78 Å². The van der Waals surface area contributed by atoms with Crippen LogP contribution in [0, 0.1) is 6.92 Å². The van der Waals surface area contributed by atoms with Crippen LogP contribution in [-0.4, -0.2) is 23.0 Å². The number of nitrogens with zero attached hydrogens (tertiary/aromatic N) is 2. The third-order valence-electron chi connectivity index (χ3n) is 4.81. The Kier molecular flexibility index (Phi) is 6.81. The van der Waals surface area contributed by atoms with Gasteiger partial charge in [-0.15, -0.1) is 11.3 Å². The van der Waals surface area contributed by atoms with Crippen molar-refractivity contribution in [3.63, 3.8) is 0 Å². The number of methoxy groups -OCH3 is 1. The van der Waals surface area contributed by atoms with Crippen molar-refractivity contribution in [3.8, 4) is 22.3 Å². The van der Waals surface area contributed by atoms with Crippen LogP contribution in [0.2, 0.25) is 0 Å². The smallest absolute Gasteiger partial charge is 0.236 e. The average Bonchev–Trinajstić information content (AvgIpc) is 3.47.